The van der Waals surface area contributed by atoms with Crippen LogP contribution in [0.3, 0.4) is 0 Å². The van der Waals surface area contributed by atoms with E-state index in [2.05, 4.69) is 0 Å². The molecule has 2 aromatic rings. The Morgan fingerprint density at radius 2 is 1.89 bits per heavy atom. The molecule has 0 aliphatic rings. The van der Waals surface area contributed by atoms with Crippen LogP contribution < -0.4 is 10.5 Å². The highest BCUT2D eigenvalue weighted by Crippen LogP contribution is 2.28. The van der Waals surface area contributed by atoms with Gasteiger partial charge in [0.05, 0.1) is 6.61 Å². The molecule has 0 radical (unpaired) electrons. The minimum absolute atomic E-state index is 0.0554. The summed E-state index contributed by atoms with van der Waals surface area (Å²) in [6.45, 7) is 2.42. The molecule has 0 fully saturated rings. The van der Waals surface area contributed by atoms with Gasteiger partial charge in [-0.3, -0.25) is 0 Å². The van der Waals surface area contributed by atoms with Gasteiger partial charge >= 0.3 is 0 Å². The van der Waals surface area contributed by atoms with E-state index in [9.17, 15) is 5.11 Å². The number of nitrogens with two attached hydrogens (primary N) is 1. The molecule has 0 aliphatic heterocycles. The van der Waals surface area contributed by atoms with E-state index >= 15 is 0 Å². The minimum atomic E-state index is -0.0554. The Morgan fingerprint density at radius 3 is 2.58 bits per heavy atom. The molecule has 100 valence electrons. The maximum absolute atomic E-state index is 9.66. The van der Waals surface area contributed by atoms with Crippen molar-refractivity contribution in [2.75, 3.05) is 6.61 Å². The summed E-state index contributed by atoms with van der Waals surface area (Å²) < 4.78 is 5.37. The maximum Gasteiger partial charge on any atom is 0.161 e. The molecule has 0 heterocycles. The van der Waals surface area contributed by atoms with E-state index in [1.807, 2.05) is 49.4 Å². The van der Waals surface area contributed by atoms with E-state index in [0.717, 1.165) is 11.1 Å². The first kappa shape index (κ1) is 13.4. The lowest BCUT2D eigenvalue weighted by Crippen LogP contribution is -2.13. The van der Waals surface area contributed by atoms with Crippen molar-refractivity contribution in [3.05, 3.63) is 59.7 Å². The summed E-state index contributed by atoms with van der Waals surface area (Å²) in [4.78, 5) is 0. The molecule has 0 bridgehead atoms. The van der Waals surface area contributed by atoms with E-state index in [-0.39, 0.29) is 11.8 Å². The second-order valence-corrected chi connectivity index (χ2v) is 4.46. The number of hydrogen-bond donors (Lipinski definition) is 2. The van der Waals surface area contributed by atoms with Crippen molar-refractivity contribution in [1.29, 1.82) is 0 Å². The van der Waals surface area contributed by atoms with Gasteiger partial charge in [-0.2, -0.15) is 0 Å². The van der Waals surface area contributed by atoms with E-state index in [1.165, 1.54) is 0 Å². The van der Waals surface area contributed by atoms with Crippen molar-refractivity contribution >= 4 is 0 Å². The molecule has 0 aliphatic carbocycles. The van der Waals surface area contributed by atoms with Crippen LogP contribution in [0.4, 0.5) is 0 Å². The zero-order valence-electron chi connectivity index (χ0n) is 11.0. The number of aromatic hydroxyl groups is 1. The standard InChI is InChI=1S/C16H19NO2/c1-2-19-16-11-12(8-9-15(16)18)10-14(17)13-6-4-3-5-7-13/h3-9,11,14,18H,2,10,17H2,1H3. The molecule has 19 heavy (non-hydrogen) atoms. The summed E-state index contributed by atoms with van der Waals surface area (Å²) in [6, 6.07) is 15.3. The monoisotopic (exact) mass is 257 g/mol. The molecule has 2 rings (SSSR count). The molecule has 3 N–H and O–H groups in total. The molecule has 0 amide bonds. The quantitative estimate of drug-likeness (QED) is 0.865. The molecular formula is C16H19NO2. The fourth-order valence-corrected chi connectivity index (χ4v) is 2.03. The Bertz CT molecular complexity index is 526. The van der Waals surface area contributed by atoms with Gasteiger partial charge in [0.25, 0.3) is 0 Å². The van der Waals surface area contributed by atoms with Crippen molar-refractivity contribution in [1.82, 2.24) is 0 Å². The van der Waals surface area contributed by atoms with Gasteiger partial charge in [-0.15, -0.1) is 0 Å². The normalized spacial score (nSPS) is 12.1. The Balaban J connectivity index is 2.13. The lowest BCUT2D eigenvalue weighted by Gasteiger charge is -2.13. The Kier molecular flexibility index (Phi) is 4.42. The van der Waals surface area contributed by atoms with Gasteiger partial charge in [0.2, 0.25) is 0 Å². The highest BCUT2D eigenvalue weighted by Gasteiger charge is 2.09. The third-order valence-electron chi connectivity index (χ3n) is 3.01. The van der Waals surface area contributed by atoms with E-state index in [1.54, 1.807) is 6.07 Å². The van der Waals surface area contributed by atoms with Crippen LogP contribution in [-0.2, 0) is 6.42 Å². The molecule has 1 atom stereocenters. The van der Waals surface area contributed by atoms with Crippen LogP contribution in [0.5, 0.6) is 11.5 Å². The molecule has 0 saturated carbocycles. The summed E-state index contributed by atoms with van der Waals surface area (Å²) in [5, 5.41) is 9.66. The summed E-state index contributed by atoms with van der Waals surface area (Å²) in [6.07, 6.45) is 0.713. The van der Waals surface area contributed by atoms with Crippen LogP contribution in [0, 0.1) is 0 Å². The van der Waals surface area contributed by atoms with Crippen molar-refractivity contribution in [3.8, 4) is 11.5 Å². The fraction of sp³-hybridized carbons (Fsp3) is 0.250. The van der Waals surface area contributed by atoms with Crippen LogP contribution in [-0.4, -0.2) is 11.7 Å². The van der Waals surface area contributed by atoms with Gasteiger partial charge in [-0.25, -0.2) is 0 Å². The number of phenols is 1. The van der Waals surface area contributed by atoms with Crippen LogP contribution >= 0.6 is 0 Å². The summed E-state index contributed by atoms with van der Waals surface area (Å²) in [7, 11) is 0. The minimum Gasteiger partial charge on any atom is -0.504 e. The summed E-state index contributed by atoms with van der Waals surface area (Å²) >= 11 is 0. The molecule has 0 spiro atoms. The van der Waals surface area contributed by atoms with E-state index < -0.39 is 0 Å². The molecule has 0 aromatic heterocycles. The first-order valence-electron chi connectivity index (χ1n) is 6.46. The SMILES string of the molecule is CCOc1cc(CC(N)c2ccccc2)ccc1O. The molecule has 0 saturated heterocycles. The van der Waals surface area contributed by atoms with Crippen molar-refractivity contribution < 1.29 is 9.84 Å². The Morgan fingerprint density at radius 1 is 1.16 bits per heavy atom. The topological polar surface area (TPSA) is 55.5 Å². The highest BCUT2D eigenvalue weighted by atomic mass is 16.5. The van der Waals surface area contributed by atoms with Gasteiger partial charge < -0.3 is 15.6 Å². The molecule has 3 heteroatoms. The van der Waals surface area contributed by atoms with E-state index in [4.69, 9.17) is 10.5 Å². The zero-order chi connectivity index (χ0) is 13.7. The molecule has 1 unspecified atom stereocenters. The van der Waals surface area contributed by atoms with Crippen molar-refractivity contribution in [2.45, 2.75) is 19.4 Å². The van der Waals surface area contributed by atoms with Crippen LogP contribution in [0.2, 0.25) is 0 Å². The third kappa shape index (κ3) is 3.48. The van der Waals surface area contributed by atoms with Crippen molar-refractivity contribution in [3.63, 3.8) is 0 Å². The first-order valence-corrected chi connectivity index (χ1v) is 6.46. The number of benzene rings is 2. The maximum atomic E-state index is 9.66. The Labute approximate surface area is 113 Å². The van der Waals surface area contributed by atoms with Crippen molar-refractivity contribution in [2.24, 2.45) is 5.73 Å². The predicted octanol–water partition coefficient (Wildman–Crippen LogP) is 3.03. The van der Waals surface area contributed by atoms with Gasteiger partial charge in [0.15, 0.2) is 11.5 Å². The zero-order valence-corrected chi connectivity index (χ0v) is 11.0. The highest BCUT2D eigenvalue weighted by molar-refractivity contribution is 5.42. The molecular weight excluding hydrogens is 238 g/mol. The average Bonchev–Trinajstić information content (AvgIpc) is 2.44. The Hall–Kier alpha value is -2.00. The van der Waals surface area contributed by atoms with E-state index in [0.29, 0.717) is 18.8 Å². The van der Waals surface area contributed by atoms with Gasteiger partial charge in [-0.05, 0) is 36.6 Å². The van der Waals surface area contributed by atoms with Crippen LogP contribution in [0.1, 0.15) is 24.1 Å². The first-order chi connectivity index (χ1) is 9.20. The van der Waals surface area contributed by atoms with Gasteiger partial charge in [0.1, 0.15) is 0 Å². The number of rotatable bonds is 5. The smallest absolute Gasteiger partial charge is 0.161 e. The summed E-state index contributed by atoms with van der Waals surface area (Å²) in [5.41, 5.74) is 8.34. The lowest BCUT2D eigenvalue weighted by atomic mass is 9.99. The lowest BCUT2D eigenvalue weighted by molar-refractivity contribution is 0.317. The number of phenolic OH excluding ortho intramolecular Hbond substituents is 1. The molecule has 2 aromatic carbocycles. The summed E-state index contributed by atoms with van der Waals surface area (Å²) in [5.74, 6) is 0.680. The molecule has 3 nitrogen and oxygen atoms in total. The van der Waals surface area contributed by atoms with Crippen LogP contribution in [0.25, 0.3) is 0 Å². The fourth-order valence-electron chi connectivity index (χ4n) is 2.03. The van der Waals surface area contributed by atoms with Crippen LogP contribution in [0.15, 0.2) is 48.5 Å². The third-order valence-corrected chi connectivity index (χ3v) is 3.01. The number of ether oxygens (including phenoxy) is 1. The predicted molar refractivity (Wildman–Crippen MR) is 76.4 cm³/mol. The second-order valence-electron chi connectivity index (χ2n) is 4.46. The number of hydrogen-bond acceptors (Lipinski definition) is 3. The largest absolute Gasteiger partial charge is 0.504 e. The average molecular weight is 257 g/mol. The second kappa shape index (κ2) is 6.25. The van der Waals surface area contributed by atoms with Gasteiger partial charge in [-0.1, -0.05) is 36.4 Å². The van der Waals surface area contributed by atoms with Gasteiger partial charge in [0, 0.05) is 6.04 Å².